The van der Waals surface area contributed by atoms with Crippen molar-refractivity contribution in [1.82, 2.24) is 9.21 Å². The van der Waals surface area contributed by atoms with Crippen LogP contribution in [0.1, 0.15) is 33.6 Å². The van der Waals surface area contributed by atoms with Crippen LogP contribution in [0.15, 0.2) is 29.2 Å². The van der Waals surface area contributed by atoms with Gasteiger partial charge in [-0.2, -0.15) is 4.31 Å². The molecule has 2 aliphatic rings. The number of carbonyl (C=O) groups excluding carboxylic acids is 2. The second-order valence-corrected chi connectivity index (χ2v) is 11.6. The zero-order valence-corrected chi connectivity index (χ0v) is 20.7. The number of aryl methyl sites for hydroxylation is 1. The predicted molar refractivity (Wildman–Crippen MR) is 128 cm³/mol. The lowest BCUT2D eigenvalue weighted by molar-refractivity contribution is -0.117. The Labute approximate surface area is 202 Å². The Bertz CT molecular complexity index is 1140. The molecule has 4 rings (SSSR count). The number of hydrogen-bond acceptors (Lipinski definition) is 7. The highest BCUT2D eigenvalue weighted by molar-refractivity contribution is 7.89. The lowest BCUT2D eigenvalue weighted by Gasteiger charge is -2.33. The molecule has 0 unspecified atom stereocenters. The third-order valence-corrected chi connectivity index (χ3v) is 9.34. The molecule has 2 heterocycles. The van der Waals surface area contributed by atoms with E-state index in [1.807, 2.05) is 4.90 Å². The van der Waals surface area contributed by atoms with Crippen molar-refractivity contribution in [2.75, 3.05) is 45.2 Å². The summed E-state index contributed by atoms with van der Waals surface area (Å²) in [7, 11) is -2.26. The molecule has 178 valence electrons. The van der Waals surface area contributed by atoms with E-state index in [1.54, 1.807) is 12.1 Å². The summed E-state index contributed by atoms with van der Waals surface area (Å²) in [6.07, 6.45) is 3.81. The van der Waals surface area contributed by atoms with E-state index >= 15 is 0 Å². The average Bonchev–Trinajstić information content (AvgIpc) is 3.16. The fourth-order valence-electron chi connectivity index (χ4n) is 4.22. The van der Waals surface area contributed by atoms with E-state index < -0.39 is 16.0 Å². The van der Waals surface area contributed by atoms with Gasteiger partial charge in [0.25, 0.3) is 0 Å². The van der Waals surface area contributed by atoms with E-state index in [0.29, 0.717) is 41.8 Å². The summed E-state index contributed by atoms with van der Waals surface area (Å²) >= 11 is 7.31. The number of benzene rings is 1. The molecule has 1 saturated heterocycles. The third kappa shape index (κ3) is 5.25. The quantitative estimate of drug-likeness (QED) is 0.599. The first-order chi connectivity index (χ1) is 15.8. The predicted octanol–water partition coefficient (Wildman–Crippen LogP) is 3.01. The van der Waals surface area contributed by atoms with Gasteiger partial charge in [-0.05, 0) is 55.5 Å². The van der Waals surface area contributed by atoms with Crippen molar-refractivity contribution in [3.63, 3.8) is 0 Å². The minimum atomic E-state index is -3.60. The van der Waals surface area contributed by atoms with Crippen LogP contribution in [-0.2, 0) is 32.4 Å². The molecular formula is C22H26ClN3O5S2. The van der Waals surface area contributed by atoms with Gasteiger partial charge in [-0.1, -0.05) is 11.6 Å². The van der Waals surface area contributed by atoms with E-state index in [0.717, 1.165) is 36.1 Å². The van der Waals surface area contributed by atoms with Crippen molar-refractivity contribution in [3.05, 3.63) is 45.3 Å². The monoisotopic (exact) mass is 511 g/mol. The highest BCUT2D eigenvalue weighted by atomic mass is 35.5. The molecule has 1 aliphatic heterocycles. The van der Waals surface area contributed by atoms with Gasteiger partial charge in [0.15, 0.2) is 0 Å². The van der Waals surface area contributed by atoms with Gasteiger partial charge in [-0.25, -0.2) is 13.2 Å². The van der Waals surface area contributed by atoms with Crippen LogP contribution in [0.3, 0.4) is 0 Å². The highest BCUT2D eigenvalue weighted by Gasteiger charge is 2.30. The van der Waals surface area contributed by atoms with Gasteiger partial charge < -0.3 is 10.1 Å². The number of nitrogens with zero attached hydrogens (tertiary/aromatic N) is 2. The van der Waals surface area contributed by atoms with E-state index in [2.05, 4.69) is 5.32 Å². The van der Waals surface area contributed by atoms with Crippen molar-refractivity contribution >= 4 is 49.8 Å². The van der Waals surface area contributed by atoms with Crippen LogP contribution in [0.5, 0.6) is 0 Å². The second kappa shape index (κ2) is 10.1. The van der Waals surface area contributed by atoms with Gasteiger partial charge in [-0.15, -0.1) is 11.3 Å². The number of rotatable bonds is 6. The smallest absolute Gasteiger partial charge is 0.341 e. The third-order valence-electron chi connectivity index (χ3n) is 5.96. The maximum atomic E-state index is 12.8. The summed E-state index contributed by atoms with van der Waals surface area (Å²) in [6.45, 7) is 1.58. The van der Waals surface area contributed by atoms with Crippen LogP contribution in [0.4, 0.5) is 5.00 Å². The molecule has 0 saturated carbocycles. The van der Waals surface area contributed by atoms with E-state index in [1.165, 1.54) is 34.9 Å². The van der Waals surface area contributed by atoms with E-state index in [9.17, 15) is 18.0 Å². The molecular weight excluding hydrogens is 486 g/mol. The molecule has 1 aromatic heterocycles. The molecule has 0 radical (unpaired) electrons. The van der Waals surface area contributed by atoms with Crippen molar-refractivity contribution in [1.29, 1.82) is 0 Å². The van der Waals surface area contributed by atoms with Crippen LogP contribution in [-0.4, -0.2) is 69.3 Å². The zero-order chi connectivity index (χ0) is 23.6. The summed E-state index contributed by atoms with van der Waals surface area (Å²) in [4.78, 5) is 28.4. The van der Waals surface area contributed by atoms with Crippen LogP contribution >= 0.6 is 22.9 Å². The number of methoxy groups -OCH3 is 1. The van der Waals surface area contributed by atoms with Gasteiger partial charge in [0, 0.05) is 36.1 Å². The van der Waals surface area contributed by atoms with Gasteiger partial charge in [0.1, 0.15) is 5.00 Å². The number of fused-ring (bicyclic) bond motifs is 1. The fraction of sp³-hybridized carbons (Fsp3) is 0.455. The number of halogens is 1. The Morgan fingerprint density at radius 2 is 1.76 bits per heavy atom. The number of hydrogen-bond donors (Lipinski definition) is 1. The number of piperazine rings is 1. The SMILES string of the molecule is COC(=O)c1c(NC(=O)CN2CCN(S(=O)(=O)c3ccc(Cl)cc3)CC2)sc2c1CCCC2. The first-order valence-corrected chi connectivity index (χ1v) is 13.4. The Morgan fingerprint density at radius 3 is 2.42 bits per heavy atom. The van der Waals surface area contributed by atoms with Gasteiger partial charge in [0.2, 0.25) is 15.9 Å². The first-order valence-electron chi connectivity index (χ1n) is 10.8. The Hall–Kier alpha value is -1.98. The number of sulfonamides is 1. The molecule has 1 fully saturated rings. The minimum Gasteiger partial charge on any atom is -0.465 e. The van der Waals surface area contributed by atoms with E-state index in [4.69, 9.17) is 16.3 Å². The van der Waals surface area contributed by atoms with Gasteiger partial charge in [0.05, 0.1) is 24.1 Å². The van der Waals surface area contributed by atoms with Gasteiger partial charge >= 0.3 is 5.97 Å². The average molecular weight is 512 g/mol. The normalized spacial score (nSPS) is 17.4. The van der Waals surface area contributed by atoms with E-state index in [-0.39, 0.29) is 17.3 Å². The topological polar surface area (TPSA) is 96.0 Å². The standard InChI is InChI=1S/C22H26ClN3O5S2/c1-31-22(28)20-17-4-2-3-5-18(17)32-21(20)24-19(27)14-25-10-12-26(13-11-25)33(29,30)16-8-6-15(23)7-9-16/h6-9H,2-5,10-14H2,1H3,(H,24,27). The number of carbonyl (C=O) groups is 2. The second-order valence-electron chi connectivity index (χ2n) is 8.09. The molecule has 1 amide bonds. The number of ether oxygens (including phenoxy) is 1. The maximum absolute atomic E-state index is 12.8. The highest BCUT2D eigenvalue weighted by Crippen LogP contribution is 2.38. The van der Waals surface area contributed by atoms with Crippen molar-refractivity contribution in [3.8, 4) is 0 Å². The van der Waals surface area contributed by atoms with Gasteiger partial charge in [-0.3, -0.25) is 9.69 Å². The van der Waals surface area contributed by atoms with Crippen molar-refractivity contribution in [2.24, 2.45) is 0 Å². The molecule has 1 aliphatic carbocycles. The molecule has 2 aromatic rings. The molecule has 0 spiro atoms. The summed E-state index contributed by atoms with van der Waals surface area (Å²) < 4.78 is 32.1. The zero-order valence-electron chi connectivity index (χ0n) is 18.3. The fourth-order valence-corrected chi connectivity index (χ4v) is 7.07. The molecule has 8 nitrogen and oxygen atoms in total. The summed E-state index contributed by atoms with van der Waals surface area (Å²) in [5.41, 5.74) is 1.47. The number of anilines is 1. The number of nitrogens with one attached hydrogen (secondary N) is 1. The molecule has 0 bridgehead atoms. The maximum Gasteiger partial charge on any atom is 0.341 e. The van der Waals surface area contributed by atoms with Crippen LogP contribution in [0.25, 0.3) is 0 Å². The summed E-state index contributed by atoms with van der Waals surface area (Å²) in [5.74, 6) is -0.654. The first kappa shape index (κ1) is 24.2. The summed E-state index contributed by atoms with van der Waals surface area (Å²) in [6, 6.07) is 6.11. The minimum absolute atomic E-state index is 0.123. The number of amides is 1. The largest absolute Gasteiger partial charge is 0.465 e. The molecule has 0 atom stereocenters. The summed E-state index contributed by atoms with van der Waals surface area (Å²) in [5, 5.41) is 3.92. The molecule has 11 heteroatoms. The lowest BCUT2D eigenvalue weighted by atomic mass is 9.95. The Balaban J connectivity index is 1.37. The molecule has 33 heavy (non-hydrogen) atoms. The lowest BCUT2D eigenvalue weighted by Crippen LogP contribution is -2.50. The molecule has 1 N–H and O–H groups in total. The van der Waals surface area contributed by atoms with Crippen LogP contribution < -0.4 is 5.32 Å². The van der Waals surface area contributed by atoms with Crippen molar-refractivity contribution in [2.45, 2.75) is 30.6 Å². The van der Waals surface area contributed by atoms with Crippen molar-refractivity contribution < 1.29 is 22.7 Å². The Kier molecular flexibility index (Phi) is 7.40. The Morgan fingerprint density at radius 1 is 1.09 bits per heavy atom. The number of esters is 1. The molecule has 1 aromatic carbocycles. The van der Waals surface area contributed by atoms with Crippen LogP contribution in [0, 0.1) is 0 Å². The van der Waals surface area contributed by atoms with Crippen LogP contribution in [0.2, 0.25) is 5.02 Å². The number of thiophene rings is 1.